The largest absolute Gasteiger partial charge is 0.496 e. The quantitative estimate of drug-likeness (QED) is 0.544. The molecule has 15 heavy (non-hydrogen) atoms. The second-order valence-electron chi connectivity index (χ2n) is 3.37. The van der Waals surface area contributed by atoms with Crippen LogP contribution in [0.1, 0.15) is 25.8 Å². The Balaban J connectivity index is 2.42. The van der Waals surface area contributed by atoms with E-state index in [0.717, 1.165) is 5.56 Å². The summed E-state index contributed by atoms with van der Waals surface area (Å²) in [5.41, 5.74) is 1.78. The number of hydrogen-bond acceptors (Lipinski definition) is 2. The third kappa shape index (κ3) is 3.98. The fraction of sp³-hybridized carbons (Fsp3) is 0.308. The highest BCUT2D eigenvalue weighted by Crippen LogP contribution is 2.03. The maximum absolute atomic E-state index is 11.2. The third-order valence-corrected chi connectivity index (χ3v) is 2.11. The number of hydrogen-bond donors (Lipinski definition) is 0. The van der Waals surface area contributed by atoms with Gasteiger partial charge in [0.1, 0.15) is 6.61 Å². The Kier molecular flexibility index (Phi) is 4.61. The van der Waals surface area contributed by atoms with E-state index in [2.05, 4.69) is 0 Å². The maximum atomic E-state index is 11.2. The van der Waals surface area contributed by atoms with Gasteiger partial charge in [0.15, 0.2) is 5.78 Å². The molecule has 1 aromatic rings. The second kappa shape index (κ2) is 6.02. The van der Waals surface area contributed by atoms with E-state index in [9.17, 15) is 4.79 Å². The highest BCUT2D eigenvalue weighted by atomic mass is 16.5. The van der Waals surface area contributed by atoms with E-state index in [0.29, 0.717) is 18.6 Å². The van der Waals surface area contributed by atoms with Crippen molar-refractivity contribution in [3.63, 3.8) is 0 Å². The first kappa shape index (κ1) is 11.5. The Morgan fingerprint density at radius 1 is 1.33 bits per heavy atom. The van der Waals surface area contributed by atoms with Crippen molar-refractivity contribution in [1.29, 1.82) is 0 Å². The van der Waals surface area contributed by atoms with Gasteiger partial charge in [-0.15, -0.1) is 0 Å². The van der Waals surface area contributed by atoms with Crippen molar-refractivity contribution in [3.8, 4) is 0 Å². The number of carbonyl (C=O) groups is 1. The van der Waals surface area contributed by atoms with Crippen LogP contribution >= 0.6 is 0 Å². The van der Waals surface area contributed by atoms with Crippen molar-refractivity contribution in [3.05, 3.63) is 47.7 Å². The molecule has 0 aromatic heterocycles. The average molecular weight is 204 g/mol. The molecule has 1 rings (SSSR count). The van der Waals surface area contributed by atoms with Gasteiger partial charge in [-0.2, -0.15) is 0 Å². The van der Waals surface area contributed by atoms with E-state index in [-0.39, 0.29) is 5.78 Å². The van der Waals surface area contributed by atoms with Gasteiger partial charge in [0.2, 0.25) is 0 Å². The van der Waals surface area contributed by atoms with E-state index < -0.39 is 0 Å². The third-order valence-electron chi connectivity index (χ3n) is 2.11. The molecule has 0 amide bonds. The summed E-state index contributed by atoms with van der Waals surface area (Å²) in [5.74, 6) is 0.128. The van der Waals surface area contributed by atoms with Crippen molar-refractivity contribution in [2.45, 2.75) is 26.9 Å². The monoisotopic (exact) mass is 204 g/mol. The van der Waals surface area contributed by atoms with Crippen LogP contribution in [0.15, 0.2) is 42.2 Å². The molecule has 0 unspecified atom stereocenters. The van der Waals surface area contributed by atoms with Gasteiger partial charge in [0, 0.05) is 12.0 Å². The molecule has 0 radical (unpaired) electrons. The summed E-state index contributed by atoms with van der Waals surface area (Å²) in [4.78, 5) is 11.2. The molecule has 0 N–H and O–H groups in total. The first-order chi connectivity index (χ1) is 7.24. The summed E-state index contributed by atoms with van der Waals surface area (Å²) in [6, 6.07) is 9.87. The van der Waals surface area contributed by atoms with Gasteiger partial charge in [-0.3, -0.25) is 4.79 Å². The minimum absolute atomic E-state index is 0.128. The fourth-order valence-corrected chi connectivity index (χ4v) is 1.18. The predicted molar refractivity (Wildman–Crippen MR) is 60.3 cm³/mol. The molecule has 80 valence electrons. The van der Waals surface area contributed by atoms with Gasteiger partial charge < -0.3 is 4.74 Å². The summed E-state index contributed by atoms with van der Waals surface area (Å²) in [7, 11) is 0. The molecule has 0 fully saturated rings. The first-order valence-electron chi connectivity index (χ1n) is 5.09. The molecule has 0 saturated heterocycles. The molecular weight excluding hydrogens is 188 g/mol. The van der Waals surface area contributed by atoms with Gasteiger partial charge in [0.05, 0.1) is 6.26 Å². The minimum atomic E-state index is 0.128. The fourth-order valence-electron chi connectivity index (χ4n) is 1.18. The topological polar surface area (TPSA) is 26.3 Å². The minimum Gasteiger partial charge on any atom is -0.496 e. The summed E-state index contributed by atoms with van der Waals surface area (Å²) in [6.45, 7) is 4.13. The zero-order chi connectivity index (χ0) is 11.1. The smallest absolute Gasteiger partial charge is 0.161 e. The molecule has 2 nitrogen and oxygen atoms in total. The Bertz CT molecular complexity index is 339. The van der Waals surface area contributed by atoms with Gasteiger partial charge >= 0.3 is 0 Å². The number of ether oxygens (including phenoxy) is 1. The maximum Gasteiger partial charge on any atom is 0.161 e. The number of carbonyl (C=O) groups excluding carboxylic acids is 1. The molecule has 0 aliphatic rings. The Hall–Kier alpha value is -1.57. The van der Waals surface area contributed by atoms with Gasteiger partial charge in [-0.1, -0.05) is 37.3 Å². The molecule has 0 spiro atoms. The van der Waals surface area contributed by atoms with Gasteiger partial charge in [0.25, 0.3) is 0 Å². The van der Waals surface area contributed by atoms with E-state index in [4.69, 9.17) is 4.74 Å². The van der Waals surface area contributed by atoms with E-state index in [1.165, 1.54) is 0 Å². The Morgan fingerprint density at radius 2 is 2.00 bits per heavy atom. The molecule has 0 bridgehead atoms. The number of allylic oxidation sites excluding steroid dienone is 1. The second-order valence-corrected chi connectivity index (χ2v) is 3.37. The highest BCUT2D eigenvalue weighted by molar-refractivity contribution is 5.94. The van der Waals surface area contributed by atoms with Crippen LogP contribution in [0.25, 0.3) is 0 Å². The SMILES string of the molecule is CCC(=O)/C(C)=C/OCc1ccccc1. The number of benzene rings is 1. The van der Waals surface area contributed by atoms with E-state index in [1.54, 1.807) is 13.2 Å². The lowest BCUT2D eigenvalue weighted by Crippen LogP contribution is -1.97. The normalized spacial score (nSPS) is 11.2. The van der Waals surface area contributed by atoms with Crippen LogP contribution in [0.4, 0.5) is 0 Å². The molecule has 0 saturated carbocycles. The molecule has 1 aromatic carbocycles. The van der Waals surface area contributed by atoms with Crippen LogP contribution in [0, 0.1) is 0 Å². The summed E-state index contributed by atoms with van der Waals surface area (Å²) < 4.78 is 5.32. The van der Waals surface area contributed by atoms with Crippen LogP contribution in [-0.4, -0.2) is 5.78 Å². The standard InChI is InChI=1S/C13H16O2/c1-3-13(14)11(2)9-15-10-12-7-5-4-6-8-12/h4-9H,3,10H2,1-2H3/b11-9+. The van der Waals surface area contributed by atoms with Crippen LogP contribution in [0.5, 0.6) is 0 Å². The first-order valence-corrected chi connectivity index (χ1v) is 5.09. The molecule has 0 aliphatic heterocycles. The number of Topliss-reactive ketones (excluding diaryl/α,β-unsaturated/α-hetero) is 1. The van der Waals surface area contributed by atoms with Crippen molar-refractivity contribution in [2.24, 2.45) is 0 Å². The van der Waals surface area contributed by atoms with Gasteiger partial charge in [-0.25, -0.2) is 0 Å². The highest BCUT2D eigenvalue weighted by Gasteiger charge is 2.00. The van der Waals surface area contributed by atoms with Crippen LogP contribution in [0.3, 0.4) is 0 Å². The summed E-state index contributed by atoms with van der Waals surface area (Å²) in [6.07, 6.45) is 2.07. The van der Waals surface area contributed by atoms with E-state index in [1.807, 2.05) is 37.3 Å². The lowest BCUT2D eigenvalue weighted by Gasteiger charge is -2.02. The van der Waals surface area contributed by atoms with Crippen molar-refractivity contribution in [2.75, 3.05) is 0 Å². The zero-order valence-corrected chi connectivity index (χ0v) is 9.19. The van der Waals surface area contributed by atoms with Crippen LogP contribution < -0.4 is 0 Å². The molecule has 0 aliphatic carbocycles. The summed E-state index contributed by atoms with van der Waals surface area (Å²) >= 11 is 0. The van der Waals surface area contributed by atoms with Gasteiger partial charge in [-0.05, 0) is 12.5 Å². The zero-order valence-electron chi connectivity index (χ0n) is 9.19. The van der Waals surface area contributed by atoms with E-state index >= 15 is 0 Å². The summed E-state index contributed by atoms with van der Waals surface area (Å²) in [5, 5.41) is 0. The van der Waals surface area contributed by atoms with Crippen LogP contribution in [0.2, 0.25) is 0 Å². The van der Waals surface area contributed by atoms with Crippen molar-refractivity contribution >= 4 is 5.78 Å². The molecule has 0 heterocycles. The predicted octanol–water partition coefficient (Wildman–Crippen LogP) is 3.09. The lowest BCUT2D eigenvalue weighted by molar-refractivity contribution is -0.115. The molecule has 2 heteroatoms. The average Bonchev–Trinajstić information content (AvgIpc) is 2.29. The molecule has 0 atom stereocenters. The molecular formula is C13H16O2. The van der Waals surface area contributed by atoms with Crippen molar-refractivity contribution in [1.82, 2.24) is 0 Å². The lowest BCUT2D eigenvalue weighted by atomic mass is 10.2. The number of ketones is 1. The van der Waals surface area contributed by atoms with Crippen LogP contribution in [-0.2, 0) is 16.1 Å². The number of rotatable bonds is 5. The Morgan fingerprint density at radius 3 is 2.60 bits per heavy atom. The Labute approximate surface area is 90.6 Å². The van der Waals surface area contributed by atoms with Crippen molar-refractivity contribution < 1.29 is 9.53 Å².